The third-order valence-electron chi connectivity index (χ3n) is 11.4. The first-order chi connectivity index (χ1) is 32.6. The standard InChI is InChI=1S/3C13H13NO.C11H11NO.C9H9N.CH4/c1-9-7-11-5-3-4-6-12(11)8-13(9)14-10(2)15;1-9-12-6-4-3-5-11(12)7-8-13(9)14-10(2)15;1-9-7-8-11-5-3-4-6-12(11)13(9)14-10(2)15;1-8-4-3-5-10-6-7-12(9(2)13)11(8)10;1-7-3-2-4-8-5-6-10-9(7)8;/h3*3-8H,1-2H3,(H,14,15);3-7H,1-2H3;2-6,10H,1H3;1H4. The highest BCUT2D eigenvalue weighted by atomic mass is 16.2. The summed E-state index contributed by atoms with van der Waals surface area (Å²) < 4.78 is 1.69. The summed E-state index contributed by atoms with van der Waals surface area (Å²) in [5, 5.41) is 17.9. The van der Waals surface area contributed by atoms with Crippen LogP contribution in [0.25, 0.3) is 54.1 Å². The van der Waals surface area contributed by atoms with E-state index in [4.69, 9.17) is 0 Å². The second kappa shape index (κ2) is 23.9. The highest BCUT2D eigenvalue weighted by Crippen LogP contribution is 2.28. The van der Waals surface area contributed by atoms with Gasteiger partial charge in [-0.2, -0.15) is 0 Å². The maximum absolute atomic E-state index is 11.2. The average Bonchev–Trinajstić information content (AvgIpc) is 3.99. The number of fused-ring (bicyclic) bond motifs is 5. The number of anilines is 3. The molecule has 9 heteroatoms. The van der Waals surface area contributed by atoms with Gasteiger partial charge in [0.15, 0.2) is 0 Å². The number of nitrogens with zero attached hydrogens (tertiary/aromatic N) is 1. The van der Waals surface area contributed by atoms with Gasteiger partial charge >= 0.3 is 0 Å². The summed E-state index contributed by atoms with van der Waals surface area (Å²) in [5.74, 6) is -0.0412. The molecule has 9 nitrogen and oxygen atoms in total. The third kappa shape index (κ3) is 13.4. The van der Waals surface area contributed by atoms with E-state index in [9.17, 15) is 19.2 Å². The van der Waals surface area contributed by atoms with Gasteiger partial charge in [-0.1, -0.05) is 135 Å². The zero-order chi connectivity index (χ0) is 48.9. The Hall–Kier alpha value is -8.30. The summed E-state index contributed by atoms with van der Waals surface area (Å²) in [5.41, 5.74) is 10.7. The van der Waals surface area contributed by atoms with Crippen molar-refractivity contribution in [1.82, 2.24) is 9.55 Å². The van der Waals surface area contributed by atoms with Crippen molar-refractivity contribution in [3.05, 3.63) is 198 Å². The molecule has 0 aliphatic carbocycles. The number of aryl methyl sites for hydroxylation is 5. The molecule has 0 atom stereocenters. The molecule has 0 unspecified atom stereocenters. The maximum Gasteiger partial charge on any atom is 0.227 e. The minimum atomic E-state index is -0.0339. The van der Waals surface area contributed by atoms with Gasteiger partial charge in [0.2, 0.25) is 23.6 Å². The van der Waals surface area contributed by atoms with E-state index in [1.54, 1.807) is 11.5 Å². The second-order valence-corrected chi connectivity index (χ2v) is 16.7. The fourth-order valence-electron chi connectivity index (χ4n) is 8.03. The Labute approximate surface area is 405 Å². The topological polar surface area (TPSA) is 125 Å². The molecule has 4 N–H and O–H groups in total. The van der Waals surface area contributed by atoms with Crippen LogP contribution in [0.1, 0.15) is 67.7 Å². The van der Waals surface area contributed by atoms with Crippen LogP contribution in [0.2, 0.25) is 0 Å². The summed E-state index contributed by atoms with van der Waals surface area (Å²) in [7, 11) is 0. The minimum absolute atomic E-state index is 0. The zero-order valence-corrected chi connectivity index (χ0v) is 40.2. The number of aromatic nitrogens is 2. The third-order valence-corrected chi connectivity index (χ3v) is 11.4. The average molecular weight is 918 g/mol. The molecular formula is C60H63N5O4. The maximum atomic E-state index is 11.2. The highest BCUT2D eigenvalue weighted by molar-refractivity contribution is 6.03. The Morgan fingerprint density at radius 2 is 0.957 bits per heavy atom. The van der Waals surface area contributed by atoms with Crippen molar-refractivity contribution in [1.29, 1.82) is 0 Å². The van der Waals surface area contributed by atoms with E-state index in [2.05, 4.69) is 82.5 Å². The molecule has 0 aliphatic rings. The number of rotatable bonds is 3. The molecule has 69 heavy (non-hydrogen) atoms. The van der Waals surface area contributed by atoms with Crippen molar-refractivity contribution < 1.29 is 19.2 Å². The predicted molar refractivity (Wildman–Crippen MR) is 292 cm³/mol. The summed E-state index contributed by atoms with van der Waals surface area (Å²) in [6, 6.07) is 52.8. The molecule has 0 bridgehead atoms. The Morgan fingerprint density at radius 1 is 0.435 bits per heavy atom. The fourth-order valence-corrected chi connectivity index (χ4v) is 8.03. The number of hydrogen-bond donors (Lipinski definition) is 4. The van der Waals surface area contributed by atoms with E-state index in [-0.39, 0.29) is 31.1 Å². The molecule has 10 aromatic rings. The zero-order valence-electron chi connectivity index (χ0n) is 40.2. The second-order valence-electron chi connectivity index (χ2n) is 16.7. The summed E-state index contributed by atoms with van der Waals surface area (Å²) >= 11 is 0. The number of aromatic amines is 1. The van der Waals surface area contributed by atoms with E-state index in [1.165, 1.54) is 53.4 Å². The van der Waals surface area contributed by atoms with Crippen LogP contribution in [-0.2, 0) is 14.4 Å². The molecule has 8 aromatic carbocycles. The molecule has 2 heterocycles. The van der Waals surface area contributed by atoms with Crippen molar-refractivity contribution in [3.63, 3.8) is 0 Å². The van der Waals surface area contributed by atoms with Crippen molar-refractivity contribution in [2.75, 3.05) is 16.0 Å². The van der Waals surface area contributed by atoms with Crippen LogP contribution in [0, 0.1) is 34.6 Å². The largest absolute Gasteiger partial charge is 0.361 e. The van der Waals surface area contributed by atoms with Crippen molar-refractivity contribution in [3.8, 4) is 0 Å². The van der Waals surface area contributed by atoms with E-state index >= 15 is 0 Å². The van der Waals surface area contributed by atoms with Crippen LogP contribution >= 0.6 is 0 Å². The summed E-state index contributed by atoms with van der Waals surface area (Å²) in [6.45, 7) is 16.3. The predicted octanol–water partition coefficient (Wildman–Crippen LogP) is 15.0. The van der Waals surface area contributed by atoms with E-state index in [0.29, 0.717) is 0 Å². The van der Waals surface area contributed by atoms with Gasteiger partial charge in [-0.25, -0.2) is 0 Å². The van der Waals surface area contributed by atoms with Gasteiger partial charge in [0.25, 0.3) is 0 Å². The lowest BCUT2D eigenvalue weighted by atomic mass is 10.0. The van der Waals surface area contributed by atoms with Gasteiger partial charge in [0.05, 0.1) is 11.2 Å². The van der Waals surface area contributed by atoms with Crippen LogP contribution in [0.15, 0.2) is 170 Å². The highest BCUT2D eigenvalue weighted by Gasteiger charge is 2.08. The van der Waals surface area contributed by atoms with Gasteiger partial charge in [0, 0.05) is 67.8 Å². The number of nitrogens with one attached hydrogen (secondary N) is 4. The van der Waals surface area contributed by atoms with E-state index in [1.807, 2.05) is 143 Å². The number of amides is 3. The van der Waals surface area contributed by atoms with Gasteiger partial charge in [0.1, 0.15) is 0 Å². The normalized spacial score (nSPS) is 10.2. The van der Waals surface area contributed by atoms with Crippen LogP contribution in [0.4, 0.5) is 17.1 Å². The van der Waals surface area contributed by atoms with Crippen LogP contribution in [0.3, 0.4) is 0 Å². The van der Waals surface area contributed by atoms with Crippen LogP contribution in [-0.4, -0.2) is 33.2 Å². The first kappa shape index (κ1) is 51.7. The Balaban J connectivity index is 0.000000161. The Kier molecular flexibility index (Phi) is 17.9. The molecular weight excluding hydrogens is 855 g/mol. The van der Waals surface area contributed by atoms with Gasteiger partial charge in [-0.05, 0) is 125 Å². The van der Waals surface area contributed by atoms with Crippen molar-refractivity contribution in [2.24, 2.45) is 0 Å². The summed E-state index contributed by atoms with van der Waals surface area (Å²) in [4.78, 5) is 47.5. The minimum Gasteiger partial charge on any atom is -0.361 e. The fraction of sp³-hybridized carbons (Fsp3) is 0.167. The molecule has 3 amide bonds. The van der Waals surface area contributed by atoms with Crippen molar-refractivity contribution >= 4 is 94.8 Å². The quantitative estimate of drug-likeness (QED) is 0.141. The van der Waals surface area contributed by atoms with Gasteiger partial charge in [-0.15, -0.1) is 0 Å². The first-order valence-corrected chi connectivity index (χ1v) is 22.5. The molecule has 0 fully saturated rings. The Bertz CT molecular complexity index is 3390. The SMILES string of the molecule is C.CC(=O)Nc1c(C)ccc2ccccc12.CC(=O)Nc1cc2ccccc2cc1C.CC(=O)Nc1ccc2ccccc2c1C.CC(=O)n1ccc2cccc(C)c21.Cc1cccc2cc[nH]c12. The molecule has 2 aromatic heterocycles. The van der Waals surface area contributed by atoms with Crippen molar-refractivity contribution in [2.45, 2.75) is 69.7 Å². The lowest BCUT2D eigenvalue weighted by molar-refractivity contribution is -0.115. The molecule has 10 rings (SSSR count). The number of para-hydroxylation sites is 2. The molecule has 0 aliphatic heterocycles. The number of benzene rings is 8. The number of H-pyrrole nitrogens is 1. The molecule has 0 spiro atoms. The lowest BCUT2D eigenvalue weighted by Crippen LogP contribution is -2.07. The summed E-state index contributed by atoms with van der Waals surface area (Å²) in [6.07, 6.45) is 3.79. The first-order valence-electron chi connectivity index (χ1n) is 22.5. The number of carbonyl (C=O) groups excluding carboxylic acids is 4. The van der Waals surface area contributed by atoms with E-state index in [0.717, 1.165) is 66.4 Å². The Morgan fingerprint density at radius 3 is 1.58 bits per heavy atom. The van der Waals surface area contributed by atoms with Crippen LogP contribution in [0.5, 0.6) is 0 Å². The molecule has 0 radical (unpaired) electrons. The lowest BCUT2D eigenvalue weighted by Gasteiger charge is -2.10. The number of carbonyl (C=O) groups is 4. The number of hydrogen-bond acceptors (Lipinski definition) is 4. The molecule has 0 saturated carbocycles. The monoisotopic (exact) mass is 917 g/mol. The van der Waals surface area contributed by atoms with Gasteiger partial charge in [-0.3, -0.25) is 23.7 Å². The van der Waals surface area contributed by atoms with E-state index < -0.39 is 0 Å². The smallest absolute Gasteiger partial charge is 0.227 e. The molecule has 0 saturated heterocycles. The van der Waals surface area contributed by atoms with Gasteiger partial charge < -0.3 is 20.9 Å². The molecule has 352 valence electrons. The van der Waals surface area contributed by atoms with Crippen LogP contribution < -0.4 is 16.0 Å².